The van der Waals surface area contributed by atoms with E-state index in [4.69, 9.17) is 5.11 Å². The third kappa shape index (κ3) is 2.77. The molecule has 0 atom stereocenters. The summed E-state index contributed by atoms with van der Waals surface area (Å²) in [5.41, 5.74) is -0.663. The van der Waals surface area contributed by atoms with Gasteiger partial charge < -0.3 is 10.2 Å². The normalized spacial score (nSPS) is 10.9. The fourth-order valence-electron chi connectivity index (χ4n) is 1.16. The summed E-state index contributed by atoms with van der Waals surface area (Å²) in [7, 11) is 0. The van der Waals surface area contributed by atoms with Gasteiger partial charge in [0.25, 0.3) is 0 Å². The Labute approximate surface area is 90.6 Å². The molecule has 0 bridgehead atoms. The van der Waals surface area contributed by atoms with E-state index in [1.807, 2.05) is 0 Å². The van der Waals surface area contributed by atoms with Crippen LogP contribution in [0.1, 0.15) is 12.0 Å². The third-order valence-electron chi connectivity index (χ3n) is 1.87. The Kier molecular flexibility index (Phi) is 3.96. The molecule has 86 valence electrons. The van der Waals surface area contributed by atoms with E-state index in [-0.39, 0.29) is 12.2 Å². The molecule has 0 aromatic heterocycles. The molecule has 0 spiro atoms. The molecule has 6 heteroatoms. The van der Waals surface area contributed by atoms with Gasteiger partial charge >= 0.3 is 5.69 Å². The van der Waals surface area contributed by atoms with E-state index >= 15 is 0 Å². The summed E-state index contributed by atoms with van der Waals surface area (Å²) in [5, 5.41) is 28.4. The van der Waals surface area contributed by atoms with E-state index in [9.17, 15) is 19.6 Å². The molecule has 0 heterocycles. The highest BCUT2D eigenvalue weighted by Crippen LogP contribution is 2.31. The Morgan fingerprint density at radius 1 is 1.50 bits per heavy atom. The van der Waals surface area contributed by atoms with Gasteiger partial charge in [-0.15, -0.1) is 0 Å². The minimum Gasteiger partial charge on any atom is -0.502 e. The highest BCUT2D eigenvalue weighted by molar-refractivity contribution is 5.64. The molecule has 1 aromatic carbocycles. The summed E-state index contributed by atoms with van der Waals surface area (Å²) >= 11 is 0. The van der Waals surface area contributed by atoms with E-state index < -0.39 is 22.2 Å². The first-order chi connectivity index (χ1) is 7.56. The van der Waals surface area contributed by atoms with Crippen molar-refractivity contribution in [2.75, 3.05) is 6.61 Å². The van der Waals surface area contributed by atoms with Gasteiger partial charge in [0, 0.05) is 12.2 Å². The molecule has 0 unspecified atom stereocenters. The Hall–Kier alpha value is -1.95. The van der Waals surface area contributed by atoms with Gasteiger partial charge in [-0.05, 0) is 12.5 Å². The Bertz CT molecular complexity index is 431. The number of halogens is 1. The summed E-state index contributed by atoms with van der Waals surface area (Å²) in [6.07, 6.45) is 3.13. The lowest BCUT2D eigenvalue weighted by molar-refractivity contribution is -0.386. The van der Waals surface area contributed by atoms with Crippen molar-refractivity contribution in [2.45, 2.75) is 6.42 Å². The number of aliphatic hydroxyl groups is 1. The second-order valence-corrected chi connectivity index (χ2v) is 3.03. The second kappa shape index (κ2) is 5.22. The van der Waals surface area contributed by atoms with Crippen LogP contribution in [-0.4, -0.2) is 21.7 Å². The lowest BCUT2D eigenvalue weighted by Crippen LogP contribution is -1.92. The zero-order valence-electron chi connectivity index (χ0n) is 8.26. The molecule has 0 fully saturated rings. The van der Waals surface area contributed by atoms with Crippen molar-refractivity contribution >= 4 is 11.8 Å². The second-order valence-electron chi connectivity index (χ2n) is 3.03. The lowest BCUT2D eigenvalue weighted by Gasteiger charge is -2.00. The van der Waals surface area contributed by atoms with Crippen molar-refractivity contribution < 1.29 is 19.5 Å². The minimum atomic E-state index is -0.859. The molecule has 0 aliphatic rings. The van der Waals surface area contributed by atoms with Crippen LogP contribution in [0.5, 0.6) is 5.75 Å². The standard InChI is InChI=1S/C10H10FNO4/c11-8-5-7(3-1-2-4-13)10(14)9(6-8)12(15)16/h1,3,5-6,13-14H,2,4H2. The van der Waals surface area contributed by atoms with Gasteiger partial charge in [0.2, 0.25) is 5.75 Å². The molecule has 0 aliphatic carbocycles. The van der Waals surface area contributed by atoms with Crippen LogP contribution in [0, 0.1) is 15.9 Å². The fraction of sp³-hybridized carbons (Fsp3) is 0.200. The van der Waals surface area contributed by atoms with Gasteiger partial charge in [0.1, 0.15) is 5.82 Å². The van der Waals surface area contributed by atoms with Crippen LogP contribution in [0.25, 0.3) is 6.08 Å². The molecule has 0 amide bonds. The number of hydrogen-bond acceptors (Lipinski definition) is 4. The van der Waals surface area contributed by atoms with Crippen LogP contribution in [0.15, 0.2) is 18.2 Å². The quantitative estimate of drug-likeness (QED) is 0.607. The van der Waals surface area contributed by atoms with Crippen LogP contribution in [0.3, 0.4) is 0 Å². The van der Waals surface area contributed by atoms with E-state index in [1.54, 1.807) is 0 Å². The van der Waals surface area contributed by atoms with Crippen molar-refractivity contribution in [3.63, 3.8) is 0 Å². The average Bonchev–Trinajstić information content (AvgIpc) is 2.22. The van der Waals surface area contributed by atoms with E-state index in [0.29, 0.717) is 12.5 Å². The van der Waals surface area contributed by atoms with Gasteiger partial charge in [-0.25, -0.2) is 4.39 Å². The number of nitrogens with zero attached hydrogens (tertiary/aromatic N) is 1. The van der Waals surface area contributed by atoms with Gasteiger partial charge in [0.15, 0.2) is 0 Å². The molecular weight excluding hydrogens is 217 g/mol. The average molecular weight is 227 g/mol. The number of phenols is 1. The number of nitro groups is 1. The van der Waals surface area contributed by atoms with Gasteiger partial charge in [0.05, 0.1) is 11.0 Å². The van der Waals surface area contributed by atoms with Gasteiger partial charge in [-0.3, -0.25) is 10.1 Å². The molecule has 1 rings (SSSR count). The molecule has 5 nitrogen and oxygen atoms in total. The number of phenolic OH excluding ortho intramolecular Hbond substituents is 1. The van der Waals surface area contributed by atoms with Crippen LogP contribution in [-0.2, 0) is 0 Å². The summed E-state index contributed by atoms with van der Waals surface area (Å²) in [6, 6.07) is 1.63. The van der Waals surface area contributed by atoms with Crippen LogP contribution < -0.4 is 0 Å². The molecule has 0 radical (unpaired) electrons. The summed E-state index contributed by atoms with van der Waals surface area (Å²) in [4.78, 5) is 9.61. The largest absolute Gasteiger partial charge is 0.502 e. The van der Waals surface area contributed by atoms with Crippen molar-refractivity contribution in [1.29, 1.82) is 0 Å². The number of hydrogen-bond donors (Lipinski definition) is 2. The van der Waals surface area contributed by atoms with Crippen molar-refractivity contribution in [2.24, 2.45) is 0 Å². The molecule has 2 N–H and O–H groups in total. The third-order valence-corrected chi connectivity index (χ3v) is 1.87. The molecule has 0 aliphatic heterocycles. The number of rotatable bonds is 4. The van der Waals surface area contributed by atoms with Crippen molar-refractivity contribution in [3.8, 4) is 5.75 Å². The highest BCUT2D eigenvalue weighted by atomic mass is 19.1. The molecular formula is C10H10FNO4. The first-order valence-corrected chi connectivity index (χ1v) is 4.50. The smallest absolute Gasteiger partial charge is 0.314 e. The van der Waals surface area contributed by atoms with Crippen LogP contribution in [0.4, 0.5) is 10.1 Å². The van der Waals surface area contributed by atoms with Crippen LogP contribution in [0.2, 0.25) is 0 Å². The Morgan fingerprint density at radius 3 is 2.75 bits per heavy atom. The fourth-order valence-corrected chi connectivity index (χ4v) is 1.16. The van der Waals surface area contributed by atoms with E-state index in [0.717, 1.165) is 6.07 Å². The monoisotopic (exact) mass is 227 g/mol. The topological polar surface area (TPSA) is 83.6 Å². The summed E-state index contributed by atoms with van der Waals surface area (Å²) in [5.74, 6) is -1.38. The highest BCUT2D eigenvalue weighted by Gasteiger charge is 2.17. The minimum absolute atomic E-state index is 0.0140. The maximum atomic E-state index is 13.0. The lowest BCUT2D eigenvalue weighted by atomic mass is 10.1. The van der Waals surface area contributed by atoms with Gasteiger partial charge in [-0.2, -0.15) is 0 Å². The summed E-state index contributed by atoms with van der Waals surface area (Å²) in [6.45, 7) is -0.0886. The van der Waals surface area contributed by atoms with Crippen LogP contribution >= 0.6 is 0 Å². The molecule has 1 aromatic rings. The molecule has 0 saturated heterocycles. The number of nitro benzene ring substituents is 1. The Morgan fingerprint density at radius 2 is 2.19 bits per heavy atom. The molecule has 16 heavy (non-hydrogen) atoms. The first-order valence-electron chi connectivity index (χ1n) is 4.50. The zero-order valence-corrected chi connectivity index (χ0v) is 8.26. The number of aromatic hydroxyl groups is 1. The maximum Gasteiger partial charge on any atom is 0.314 e. The SMILES string of the molecule is O=[N+]([O-])c1cc(F)cc(C=CCCO)c1O. The zero-order chi connectivity index (χ0) is 12.1. The Balaban J connectivity index is 3.14. The predicted octanol–water partition coefficient (Wildman–Crippen LogP) is 1.84. The molecule has 0 saturated carbocycles. The van der Waals surface area contributed by atoms with Crippen molar-refractivity contribution in [3.05, 3.63) is 39.7 Å². The number of aliphatic hydroxyl groups excluding tert-OH is 1. The maximum absolute atomic E-state index is 13.0. The summed E-state index contributed by atoms with van der Waals surface area (Å²) < 4.78 is 13.0. The van der Waals surface area contributed by atoms with E-state index in [2.05, 4.69) is 0 Å². The predicted molar refractivity (Wildman–Crippen MR) is 55.5 cm³/mol. The van der Waals surface area contributed by atoms with E-state index in [1.165, 1.54) is 12.2 Å². The van der Waals surface area contributed by atoms with Crippen molar-refractivity contribution in [1.82, 2.24) is 0 Å². The first kappa shape index (κ1) is 12.1. The number of benzene rings is 1. The van der Waals surface area contributed by atoms with Gasteiger partial charge in [-0.1, -0.05) is 12.2 Å².